The number of ether oxygens (including phenoxy) is 2. The van der Waals surface area contributed by atoms with E-state index in [0.717, 1.165) is 41.3 Å². The van der Waals surface area contributed by atoms with Gasteiger partial charge in [-0.1, -0.05) is 32.3 Å². The fraction of sp³-hybridized carbons (Fsp3) is 0.607. The van der Waals surface area contributed by atoms with E-state index in [9.17, 15) is 9.59 Å². The second-order valence-electron chi connectivity index (χ2n) is 10.2. The fourth-order valence-corrected chi connectivity index (χ4v) is 4.68. The monoisotopic (exact) mass is 500 g/mol. The van der Waals surface area contributed by atoms with E-state index in [-0.39, 0.29) is 30.5 Å². The standard InChI is InChI=1S/C28H40N2O6/c1-19(2)35-26(33)18-29-17-22-16-23(10-8-21(22)9-11-25(31)32)34-15-12-24-20(3)36-27(30-24)28(4)13-6-5-7-14-28/h8,10,16,19,29H,5-7,9,11-15,17-18H2,1-4H3,(H,31,32). The van der Waals surface area contributed by atoms with Gasteiger partial charge in [0.1, 0.15) is 11.5 Å². The number of carbonyl (C=O) groups is 2. The Bertz CT molecular complexity index is 1020. The first kappa shape index (κ1) is 27.7. The molecule has 2 aromatic rings. The highest BCUT2D eigenvalue weighted by Gasteiger charge is 2.34. The number of hydrogen-bond acceptors (Lipinski definition) is 7. The molecule has 0 saturated heterocycles. The van der Waals surface area contributed by atoms with Crippen molar-refractivity contribution in [3.05, 3.63) is 46.7 Å². The SMILES string of the molecule is Cc1oc(C2(C)CCCCC2)nc1CCOc1ccc(CCC(=O)O)c(CNCC(=O)OC(C)C)c1. The van der Waals surface area contributed by atoms with E-state index >= 15 is 0 Å². The first-order valence-electron chi connectivity index (χ1n) is 13.0. The lowest BCUT2D eigenvalue weighted by molar-refractivity contribution is -0.146. The average Bonchev–Trinajstić information content (AvgIpc) is 3.20. The molecule has 0 aliphatic heterocycles. The predicted octanol–water partition coefficient (Wildman–Crippen LogP) is 4.88. The number of rotatable bonds is 13. The van der Waals surface area contributed by atoms with Crippen molar-refractivity contribution in [2.45, 2.75) is 97.1 Å². The largest absolute Gasteiger partial charge is 0.493 e. The molecule has 1 heterocycles. The highest BCUT2D eigenvalue weighted by atomic mass is 16.5. The first-order valence-corrected chi connectivity index (χ1v) is 13.0. The minimum atomic E-state index is -0.848. The summed E-state index contributed by atoms with van der Waals surface area (Å²) < 4.78 is 17.3. The van der Waals surface area contributed by atoms with E-state index in [1.54, 1.807) is 13.8 Å². The smallest absolute Gasteiger partial charge is 0.320 e. The van der Waals surface area contributed by atoms with Gasteiger partial charge in [-0.05, 0) is 63.3 Å². The lowest BCUT2D eigenvalue weighted by Crippen LogP contribution is -2.26. The third-order valence-electron chi connectivity index (χ3n) is 6.71. The number of carboxylic acid groups (broad SMARTS) is 1. The molecule has 8 nitrogen and oxygen atoms in total. The highest BCUT2D eigenvalue weighted by Crippen LogP contribution is 2.39. The van der Waals surface area contributed by atoms with E-state index in [1.807, 2.05) is 25.1 Å². The molecule has 0 bridgehead atoms. The Morgan fingerprint density at radius 2 is 1.92 bits per heavy atom. The van der Waals surface area contributed by atoms with Crippen LogP contribution in [-0.2, 0) is 39.1 Å². The molecule has 36 heavy (non-hydrogen) atoms. The molecule has 0 radical (unpaired) electrons. The molecule has 1 saturated carbocycles. The van der Waals surface area contributed by atoms with Crippen LogP contribution in [0.2, 0.25) is 0 Å². The number of carboxylic acids is 1. The van der Waals surface area contributed by atoms with Crippen LogP contribution < -0.4 is 10.1 Å². The van der Waals surface area contributed by atoms with Gasteiger partial charge < -0.3 is 24.3 Å². The van der Waals surface area contributed by atoms with Crippen LogP contribution in [0.25, 0.3) is 0 Å². The van der Waals surface area contributed by atoms with Crippen molar-refractivity contribution in [3.8, 4) is 5.75 Å². The quantitative estimate of drug-likeness (QED) is 0.374. The number of oxazole rings is 1. The number of nitrogens with zero attached hydrogens (tertiary/aromatic N) is 1. The van der Waals surface area contributed by atoms with Crippen molar-refractivity contribution in [2.75, 3.05) is 13.2 Å². The number of hydrogen-bond donors (Lipinski definition) is 2. The summed E-state index contributed by atoms with van der Waals surface area (Å²) in [7, 11) is 0. The molecule has 1 aliphatic rings. The van der Waals surface area contributed by atoms with Crippen molar-refractivity contribution in [3.63, 3.8) is 0 Å². The molecular formula is C28H40N2O6. The number of aryl methyl sites for hydroxylation is 2. The van der Waals surface area contributed by atoms with Gasteiger partial charge in [0.25, 0.3) is 0 Å². The molecule has 0 atom stereocenters. The Morgan fingerprint density at radius 1 is 1.17 bits per heavy atom. The summed E-state index contributed by atoms with van der Waals surface area (Å²) in [6.45, 7) is 8.76. The van der Waals surface area contributed by atoms with Crippen LogP contribution >= 0.6 is 0 Å². The second-order valence-corrected chi connectivity index (χ2v) is 10.2. The van der Waals surface area contributed by atoms with E-state index in [2.05, 4.69) is 12.2 Å². The number of esters is 1. The van der Waals surface area contributed by atoms with E-state index in [4.69, 9.17) is 24.0 Å². The van der Waals surface area contributed by atoms with Crippen LogP contribution in [0.4, 0.5) is 0 Å². The number of nitrogens with one attached hydrogen (secondary N) is 1. The van der Waals surface area contributed by atoms with Gasteiger partial charge >= 0.3 is 11.9 Å². The summed E-state index contributed by atoms with van der Waals surface area (Å²) in [5.74, 6) is 1.22. The predicted molar refractivity (Wildman–Crippen MR) is 136 cm³/mol. The number of benzene rings is 1. The summed E-state index contributed by atoms with van der Waals surface area (Å²) >= 11 is 0. The lowest BCUT2D eigenvalue weighted by atomic mass is 9.76. The zero-order valence-corrected chi connectivity index (χ0v) is 22.0. The van der Waals surface area contributed by atoms with Crippen LogP contribution in [0.1, 0.15) is 87.8 Å². The molecule has 1 aliphatic carbocycles. The van der Waals surface area contributed by atoms with Gasteiger partial charge in [-0.25, -0.2) is 4.98 Å². The second kappa shape index (κ2) is 12.9. The Hall–Kier alpha value is -2.87. The number of aliphatic carboxylic acids is 1. The fourth-order valence-electron chi connectivity index (χ4n) is 4.68. The minimum absolute atomic E-state index is 0.0252. The third-order valence-corrected chi connectivity index (χ3v) is 6.71. The van der Waals surface area contributed by atoms with Gasteiger partial charge in [0.2, 0.25) is 5.89 Å². The topological polar surface area (TPSA) is 111 Å². The maximum atomic E-state index is 11.8. The summed E-state index contributed by atoms with van der Waals surface area (Å²) in [6, 6.07) is 5.66. The van der Waals surface area contributed by atoms with Crippen LogP contribution in [0, 0.1) is 6.92 Å². The average molecular weight is 501 g/mol. The van der Waals surface area contributed by atoms with Crippen molar-refractivity contribution >= 4 is 11.9 Å². The van der Waals surface area contributed by atoms with Gasteiger partial charge in [0, 0.05) is 24.8 Å². The molecule has 0 unspecified atom stereocenters. The van der Waals surface area contributed by atoms with Gasteiger partial charge in [-0.15, -0.1) is 0 Å². The summed E-state index contributed by atoms with van der Waals surface area (Å²) in [4.78, 5) is 27.7. The number of aromatic nitrogens is 1. The van der Waals surface area contributed by atoms with Crippen LogP contribution in [0.15, 0.2) is 22.6 Å². The normalized spacial score (nSPS) is 15.1. The van der Waals surface area contributed by atoms with Crippen molar-refractivity contribution in [1.82, 2.24) is 10.3 Å². The lowest BCUT2D eigenvalue weighted by Gasteiger charge is -2.30. The van der Waals surface area contributed by atoms with Gasteiger partial charge in [0.05, 0.1) is 24.9 Å². The van der Waals surface area contributed by atoms with Crippen molar-refractivity contribution in [2.24, 2.45) is 0 Å². The van der Waals surface area contributed by atoms with E-state index in [0.29, 0.717) is 31.7 Å². The van der Waals surface area contributed by atoms with Crippen LogP contribution in [0.5, 0.6) is 5.75 Å². The zero-order chi connectivity index (χ0) is 26.1. The molecule has 3 rings (SSSR count). The van der Waals surface area contributed by atoms with E-state index in [1.165, 1.54) is 19.3 Å². The molecule has 8 heteroatoms. The van der Waals surface area contributed by atoms with E-state index < -0.39 is 5.97 Å². The molecule has 2 N–H and O–H groups in total. The van der Waals surface area contributed by atoms with Crippen molar-refractivity contribution < 1.29 is 28.6 Å². The van der Waals surface area contributed by atoms with Gasteiger partial charge in [-0.3, -0.25) is 9.59 Å². The molecule has 1 aromatic heterocycles. The first-order chi connectivity index (χ1) is 17.2. The van der Waals surface area contributed by atoms with Gasteiger partial charge in [0.15, 0.2) is 0 Å². The van der Waals surface area contributed by atoms with Crippen LogP contribution in [-0.4, -0.2) is 41.3 Å². The zero-order valence-electron chi connectivity index (χ0n) is 22.0. The Morgan fingerprint density at radius 3 is 2.61 bits per heavy atom. The van der Waals surface area contributed by atoms with Crippen molar-refractivity contribution in [1.29, 1.82) is 0 Å². The molecule has 1 fully saturated rings. The maximum Gasteiger partial charge on any atom is 0.320 e. The summed E-state index contributed by atoms with van der Waals surface area (Å²) in [5.41, 5.74) is 2.76. The molecule has 0 spiro atoms. The Balaban J connectivity index is 1.60. The Labute approximate surface area is 213 Å². The Kier molecular flexibility index (Phi) is 9.93. The molecule has 1 aromatic carbocycles. The number of carbonyl (C=O) groups excluding carboxylic acids is 1. The van der Waals surface area contributed by atoms with Gasteiger partial charge in [-0.2, -0.15) is 0 Å². The molecule has 0 amide bonds. The molecule has 198 valence electrons. The highest BCUT2D eigenvalue weighted by molar-refractivity contribution is 5.71. The minimum Gasteiger partial charge on any atom is -0.493 e. The third kappa shape index (κ3) is 8.08. The maximum absolute atomic E-state index is 11.8. The summed E-state index contributed by atoms with van der Waals surface area (Å²) in [6.07, 6.45) is 6.86. The molecular weight excluding hydrogens is 460 g/mol. The summed E-state index contributed by atoms with van der Waals surface area (Å²) in [5, 5.41) is 12.2. The van der Waals surface area contributed by atoms with Crippen LogP contribution in [0.3, 0.4) is 0 Å².